The van der Waals surface area contributed by atoms with Gasteiger partial charge in [-0.25, -0.2) is 9.97 Å². The number of nitrogens with one attached hydrogen (secondary N) is 2. The molecule has 0 bridgehead atoms. The Hall–Kier alpha value is -1.20. The Balaban J connectivity index is 1.88. The first-order valence-corrected chi connectivity index (χ1v) is 6.18. The zero-order chi connectivity index (χ0) is 11.9. The fourth-order valence-corrected chi connectivity index (χ4v) is 1.97. The number of ether oxygens (including phenoxy) is 1. The highest BCUT2D eigenvalue weighted by atomic mass is 16.5. The molecule has 0 spiro atoms. The van der Waals surface area contributed by atoms with E-state index in [9.17, 15) is 0 Å². The molecule has 2 N–H and O–H groups in total. The van der Waals surface area contributed by atoms with Gasteiger partial charge in [0.15, 0.2) is 0 Å². The number of hydrogen-bond acceptors (Lipinski definition) is 5. The van der Waals surface area contributed by atoms with Crippen LogP contribution in [0, 0.1) is 0 Å². The molecule has 0 saturated carbocycles. The molecule has 5 heteroatoms. The van der Waals surface area contributed by atoms with Crippen molar-refractivity contribution in [3.63, 3.8) is 0 Å². The number of anilines is 1. The number of aromatic nitrogens is 2. The van der Waals surface area contributed by atoms with Crippen molar-refractivity contribution < 1.29 is 4.74 Å². The summed E-state index contributed by atoms with van der Waals surface area (Å²) >= 11 is 0. The number of nitrogens with zero attached hydrogens (tertiary/aromatic N) is 2. The molecule has 1 aliphatic heterocycles. The van der Waals surface area contributed by atoms with Crippen LogP contribution >= 0.6 is 0 Å². The van der Waals surface area contributed by atoms with Crippen molar-refractivity contribution in [1.29, 1.82) is 0 Å². The summed E-state index contributed by atoms with van der Waals surface area (Å²) in [5, 5.41) is 6.24. The molecule has 0 radical (unpaired) electrons. The topological polar surface area (TPSA) is 59.1 Å². The lowest BCUT2D eigenvalue weighted by Gasteiger charge is -2.21. The van der Waals surface area contributed by atoms with E-state index in [2.05, 4.69) is 20.6 Å². The van der Waals surface area contributed by atoms with E-state index in [-0.39, 0.29) is 0 Å². The van der Waals surface area contributed by atoms with Gasteiger partial charge in [0.2, 0.25) is 5.95 Å². The highest BCUT2D eigenvalue weighted by Crippen LogP contribution is 2.25. The third-order valence-electron chi connectivity index (χ3n) is 3.02. The summed E-state index contributed by atoms with van der Waals surface area (Å²) < 4.78 is 5.35. The van der Waals surface area contributed by atoms with Gasteiger partial charge < -0.3 is 15.4 Å². The zero-order valence-corrected chi connectivity index (χ0v) is 10.3. The lowest BCUT2D eigenvalue weighted by molar-refractivity contribution is 0.0852. The summed E-state index contributed by atoms with van der Waals surface area (Å²) in [5.74, 6) is 1.27. The molecule has 1 aromatic heterocycles. The van der Waals surface area contributed by atoms with Crippen molar-refractivity contribution in [2.45, 2.75) is 18.8 Å². The molecule has 94 valence electrons. The maximum absolute atomic E-state index is 5.35. The monoisotopic (exact) mass is 236 g/mol. The first-order chi connectivity index (χ1) is 8.40. The third-order valence-corrected chi connectivity index (χ3v) is 3.02. The normalized spacial score (nSPS) is 17.0. The van der Waals surface area contributed by atoms with E-state index in [1.165, 1.54) is 5.56 Å². The van der Waals surface area contributed by atoms with Crippen molar-refractivity contribution in [2.75, 3.05) is 38.7 Å². The quantitative estimate of drug-likeness (QED) is 0.747. The lowest BCUT2D eigenvalue weighted by Crippen LogP contribution is -2.19. The largest absolute Gasteiger partial charge is 0.381 e. The van der Waals surface area contributed by atoms with E-state index < -0.39 is 0 Å². The van der Waals surface area contributed by atoms with Crippen molar-refractivity contribution in [1.82, 2.24) is 15.3 Å². The minimum atomic E-state index is 0.565. The van der Waals surface area contributed by atoms with E-state index in [0.29, 0.717) is 11.9 Å². The van der Waals surface area contributed by atoms with Crippen molar-refractivity contribution in [3.8, 4) is 0 Å². The molecule has 5 nitrogen and oxygen atoms in total. The van der Waals surface area contributed by atoms with Gasteiger partial charge in [0.25, 0.3) is 0 Å². The first kappa shape index (κ1) is 12.3. The smallest absolute Gasteiger partial charge is 0.222 e. The van der Waals surface area contributed by atoms with Crippen LogP contribution in [0.4, 0.5) is 5.95 Å². The van der Waals surface area contributed by atoms with Crippen LogP contribution in [-0.4, -0.2) is 43.3 Å². The van der Waals surface area contributed by atoms with Gasteiger partial charge in [-0.05, 0) is 31.4 Å². The van der Waals surface area contributed by atoms with Gasteiger partial charge in [-0.1, -0.05) is 0 Å². The molecule has 2 heterocycles. The molecular formula is C12H20N4O. The third kappa shape index (κ3) is 3.64. The van der Waals surface area contributed by atoms with Gasteiger partial charge in [0, 0.05) is 38.7 Å². The highest BCUT2D eigenvalue weighted by Gasteiger charge is 2.16. The second kappa shape index (κ2) is 6.51. The molecule has 2 rings (SSSR count). The van der Waals surface area contributed by atoms with E-state index in [0.717, 1.165) is 39.1 Å². The number of hydrogen-bond donors (Lipinski definition) is 2. The van der Waals surface area contributed by atoms with Crippen molar-refractivity contribution in [2.24, 2.45) is 0 Å². The number of rotatable bonds is 5. The molecular weight excluding hydrogens is 216 g/mol. The zero-order valence-electron chi connectivity index (χ0n) is 10.3. The van der Waals surface area contributed by atoms with Gasteiger partial charge in [0.05, 0.1) is 0 Å². The number of likely N-dealkylation sites (N-methyl/N-ethyl adjacent to an activating group) is 1. The van der Waals surface area contributed by atoms with E-state index in [1.807, 2.05) is 19.4 Å². The van der Waals surface area contributed by atoms with Gasteiger partial charge in [-0.2, -0.15) is 0 Å². The molecule has 1 fully saturated rings. The molecule has 17 heavy (non-hydrogen) atoms. The molecule has 0 aliphatic carbocycles. The Morgan fingerprint density at radius 3 is 2.59 bits per heavy atom. The lowest BCUT2D eigenvalue weighted by atomic mass is 9.94. The molecule has 1 saturated heterocycles. The summed E-state index contributed by atoms with van der Waals surface area (Å²) in [7, 11) is 1.93. The molecule has 0 unspecified atom stereocenters. The summed E-state index contributed by atoms with van der Waals surface area (Å²) in [6.45, 7) is 3.46. The standard InChI is InChI=1S/C12H20N4O/c1-13-4-5-14-12-15-8-11(9-16-12)10-2-6-17-7-3-10/h8-10,13H,2-7H2,1H3,(H,14,15,16). The van der Waals surface area contributed by atoms with Gasteiger partial charge >= 0.3 is 0 Å². The Morgan fingerprint density at radius 1 is 1.24 bits per heavy atom. The summed E-state index contributed by atoms with van der Waals surface area (Å²) in [6.07, 6.45) is 6.03. The summed E-state index contributed by atoms with van der Waals surface area (Å²) in [5.41, 5.74) is 1.23. The maximum atomic E-state index is 5.35. The molecule has 0 atom stereocenters. The average Bonchev–Trinajstić information content (AvgIpc) is 2.41. The molecule has 0 aromatic carbocycles. The van der Waals surface area contributed by atoms with E-state index >= 15 is 0 Å². The van der Waals surface area contributed by atoms with Gasteiger partial charge in [0.1, 0.15) is 0 Å². The summed E-state index contributed by atoms with van der Waals surface area (Å²) in [6, 6.07) is 0. The predicted octanol–water partition coefficient (Wildman–Crippen LogP) is 1.00. The van der Waals surface area contributed by atoms with Gasteiger partial charge in [-0.15, -0.1) is 0 Å². The van der Waals surface area contributed by atoms with E-state index in [4.69, 9.17) is 4.74 Å². The molecule has 1 aliphatic rings. The SMILES string of the molecule is CNCCNc1ncc(C2CCOCC2)cn1. The Kier molecular flexibility index (Phi) is 4.70. The minimum absolute atomic E-state index is 0.565. The van der Waals surface area contributed by atoms with Crippen LogP contribution in [0.3, 0.4) is 0 Å². The van der Waals surface area contributed by atoms with Crippen molar-refractivity contribution >= 4 is 5.95 Å². The van der Waals surface area contributed by atoms with Gasteiger partial charge in [-0.3, -0.25) is 0 Å². The molecule has 0 amide bonds. The van der Waals surface area contributed by atoms with Crippen LogP contribution in [0.15, 0.2) is 12.4 Å². The minimum Gasteiger partial charge on any atom is -0.381 e. The Morgan fingerprint density at radius 2 is 1.94 bits per heavy atom. The second-order valence-electron chi connectivity index (χ2n) is 4.26. The van der Waals surface area contributed by atoms with Crippen LogP contribution in [0.25, 0.3) is 0 Å². The fraction of sp³-hybridized carbons (Fsp3) is 0.667. The van der Waals surface area contributed by atoms with Crippen LogP contribution in [0.5, 0.6) is 0 Å². The average molecular weight is 236 g/mol. The second-order valence-corrected chi connectivity index (χ2v) is 4.26. The van der Waals surface area contributed by atoms with Crippen LogP contribution < -0.4 is 10.6 Å². The Labute approximate surface area is 102 Å². The van der Waals surface area contributed by atoms with Crippen LogP contribution in [0.1, 0.15) is 24.3 Å². The highest BCUT2D eigenvalue weighted by molar-refractivity contribution is 5.26. The van der Waals surface area contributed by atoms with E-state index in [1.54, 1.807) is 0 Å². The predicted molar refractivity (Wildman–Crippen MR) is 67.2 cm³/mol. The van der Waals surface area contributed by atoms with Crippen LogP contribution in [0.2, 0.25) is 0 Å². The first-order valence-electron chi connectivity index (χ1n) is 6.18. The molecule has 1 aromatic rings. The van der Waals surface area contributed by atoms with Crippen LogP contribution in [-0.2, 0) is 4.74 Å². The maximum Gasteiger partial charge on any atom is 0.222 e. The Bertz CT molecular complexity index is 322. The summed E-state index contributed by atoms with van der Waals surface area (Å²) in [4.78, 5) is 8.67. The fourth-order valence-electron chi connectivity index (χ4n) is 1.97. The van der Waals surface area contributed by atoms with Crippen molar-refractivity contribution in [3.05, 3.63) is 18.0 Å².